The Kier molecular flexibility index (Phi) is 3.47. The monoisotopic (exact) mass is 239 g/mol. The normalized spacial score (nSPS) is 10.2. The lowest BCUT2D eigenvalue weighted by Crippen LogP contribution is -2.13. The second-order valence-electron chi connectivity index (χ2n) is 4.65. The van der Waals surface area contributed by atoms with Crippen LogP contribution in [0, 0.1) is 20.8 Å². The Morgan fingerprint density at radius 3 is 2.17 bits per heavy atom. The van der Waals surface area contributed by atoms with Gasteiger partial charge in [0, 0.05) is 11.3 Å². The summed E-state index contributed by atoms with van der Waals surface area (Å²) in [6.45, 7) is 5.98. The summed E-state index contributed by atoms with van der Waals surface area (Å²) >= 11 is 0. The van der Waals surface area contributed by atoms with Crippen LogP contribution in [0.1, 0.15) is 27.0 Å². The number of para-hydroxylation sites is 1. The third-order valence-corrected chi connectivity index (χ3v) is 2.88. The van der Waals surface area contributed by atoms with Crippen molar-refractivity contribution in [3.63, 3.8) is 0 Å². The quantitative estimate of drug-likeness (QED) is 0.847. The summed E-state index contributed by atoms with van der Waals surface area (Å²) in [4.78, 5) is 12.2. The number of anilines is 1. The molecule has 0 radical (unpaired) electrons. The first-order chi connectivity index (χ1) is 8.56. The molecule has 1 N–H and O–H groups in total. The lowest BCUT2D eigenvalue weighted by atomic mass is 10.1. The third-order valence-electron chi connectivity index (χ3n) is 2.88. The molecule has 2 aromatic carbocycles. The Morgan fingerprint density at radius 1 is 0.944 bits per heavy atom. The number of carbonyl (C=O) groups is 1. The third kappa shape index (κ3) is 2.77. The van der Waals surface area contributed by atoms with Crippen molar-refractivity contribution in [1.29, 1.82) is 0 Å². The fourth-order valence-corrected chi connectivity index (χ4v) is 2.01. The van der Waals surface area contributed by atoms with Crippen molar-refractivity contribution in [3.8, 4) is 0 Å². The van der Waals surface area contributed by atoms with Gasteiger partial charge in [0.2, 0.25) is 0 Å². The van der Waals surface area contributed by atoms with Gasteiger partial charge in [0.05, 0.1) is 0 Å². The van der Waals surface area contributed by atoms with Crippen LogP contribution in [0.2, 0.25) is 0 Å². The van der Waals surface area contributed by atoms with Gasteiger partial charge in [0.15, 0.2) is 0 Å². The zero-order chi connectivity index (χ0) is 13.1. The van der Waals surface area contributed by atoms with Crippen molar-refractivity contribution < 1.29 is 4.79 Å². The summed E-state index contributed by atoms with van der Waals surface area (Å²) in [6, 6.07) is 13.6. The molecule has 0 saturated heterocycles. The second kappa shape index (κ2) is 5.05. The van der Waals surface area contributed by atoms with Gasteiger partial charge in [0.25, 0.3) is 5.91 Å². The number of hydrogen-bond acceptors (Lipinski definition) is 1. The second-order valence-corrected chi connectivity index (χ2v) is 4.65. The van der Waals surface area contributed by atoms with E-state index in [1.54, 1.807) is 0 Å². The van der Waals surface area contributed by atoms with Gasteiger partial charge in [-0.1, -0.05) is 35.4 Å². The topological polar surface area (TPSA) is 29.1 Å². The molecule has 0 aliphatic heterocycles. The number of benzene rings is 2. The van der Waals surface area contributed by atoms with Crippen LogP contribution in [0.5, 0.6) is 0 Å². The number of hydrogen-bond donors (Lipinski definition) is 1. The highest BCUT2D eigenvalue weighted by Crippen LogP contribution is 2.16. The average Bonchev–Trinajstić information content (AvgIpc) is 2.31. The van der Waals surface area contributed by atoms with Gasteiger partial charge >= 0.3 is 0 Å². The summed E-state index contributed by atoms with van der Waals surface area (Å²) in [5, 5.41) is 2.94. The SMILES string of the molecule is Cc1cc(C)cc(C(=O)Nc2ccccc2C)c1. The predicted octanol–water partition coefficient (Wildman–Crippen LogP) is 3.86. The molecule has 0 aliphatic carbocycles. The highest BCUT2D eigenvalue weighted by Gasteiger charge is 2.08. The van der Waals surface area contributed by atoms with Gasteiger partial charge in [-0.15, -0.1) is 0 Å². The van der Waals surface area contributed by atoms with Crippen LogP contribution in [0.3, 0.4) is 0 Å². The van der Waals surface area contributed by atoms with Crippen LogP contribution in [-0.4, -0.2) is 5.91 Å². The van der Waals surface area contributed by atoms with E-state index in [-0.39, 0.29) is 5.91 Å². The summed E-state index contributed by atoms with van der Waals surface area (Å²) in [5.41, 5.74) is 4.84. The first kappa shape index (κ1) is 12.4. The number of amides is 1. The molecule has 18 heavy (non-hydrogen) atoms. The van der Waals surface area contributed by atoms with Crippen LogP contribution < -0.4 is 5.32 Å². The molecule has 92 valence electrons. The van der Waals surface area contributed by atoms with Gasteiger partial charge in [-0.3, -0.25) is 4.79 Å². The average molecular weight is 239 g/mol. The van der Waals surface area contributed by atoms with E-state index in [4.69, 9.17) is 0 Å². The van der Waals surface area contributed by atoms with Crippen molar-refractivity contribution >= 4 is 11.6 Å². The maximum atomic E-state index is 12.2. The molecule has 0 aliphatic rings. The lowest BCUT2D eigenvalue weighted by molar-refractivity contribution is 0.102. The number of rotatable bonds is 2. The summed E-state index contributed by atoms with van der Waals surface area (Å²) < 4.78 is 0. The van der Waals surface area contributed by atoms with E-state index in [1.165, 1.54) is 0 Å². The van der Waals surface area contributed by atoms with Gasteiger partial charge in [0.1, 0.15) is 0 Å². The summed E-state index contributed by atoms with van der Waals surface area (Å²) in [5.74, 6) is -0.0592. The highest BCUT2D eigenvalue weighted by molar-refractivity contribution is 6.04. The van der Waals surface area contributed by atoms with Crippen molar-refractivity contribution in [1.82, 2.24) is 0 Å². The molecule has 1 amide bonds. The van der Waals surface area contributed by atoms with E-state index >= 15 is 0 Å². The summed E-state index contributed by atoms with van der Waals surface area (Å²) in [6.07, 6.45) is 0. The fourth-order valence-electron chi connectivity index (χ4n) is 2.01. The molecule has 0 heterocycles. The van der Waals surface area contributed by atoms with Gasteiger partial charge in [-0.25, -0.2) is 0 Å². The van der Waals surface area contributed by atoms with E-state index in [2.05, 4.69) is 11.4 Å². The number of aryl methyl sites for hydroxylation is 3. The van der Waals surface area contributed by atoms with Gasteiger partial charge in [-0.2, -0.15) is 0 Å². The molecule has 2 aromatic rings. The van der Waals surface area contributed by atoms with Crippen LogP contribution in [0.4, 0.5) is 5.69 Å². The van der Waals surface area contributed by atoms with Crippen LogP contribution in [0.25, 0.3) is 0 Å². The molecule has 2 rings (SSSR count). The van der Waals surface area contributed by atoms with E-state index in [0.717, 1.165) is 22.4 Å². The van der Waals surface area contributed by atoms with E-state index < -0.39 is 0 Å². The minimum absolute atomic E-state index is 0.0592. The Bertz CT molecular complexity index is 567. The van der Waals surface area contributed by atoms with Gasteiger partial charge < -0.3 is 5.32 Å². The molecule has 0 saturated carbocycles. The van der Waals surface area contributed by atoms with E-state index in [0.29, 0.717) is 5.56 Å². The molecular formula is C16H17NO. The van der Waals surface area contributed by atoms with Crippen molar-refractivity contribution in [2.45, 2.75) is 20.8 Å². The molecule has 2 nitrogen and oxygen atoms in total. The first-order valence-electron chi connectivity index (χ1n) is 6.01. The molecule has 0 atom stereocenters. The first-order valence-corrected chi connectivity index (χ1v) is 6.01. The van der Waals surface area contributed by atoms with Gasteiger partial charge in [-0.05, 0) is 44.5 Å². The van der Waals surface area contributed by atoms with Crippen molar-refractivity contribution in [3.05, 3.63) is 64.7 Å². The largest absolute Gasteiger partial charge is 0.322 e. The lowest BCUT2D eigenvalue weighted by Gasteiger charge is -2.09. The number of carbonyl (C=O) groups excluding carboxylic acids is 1. The fraction of sp³-hybridized carbons (Fsp3) is 0.188. The van der Waals surface area contributed by atoms with Crippen LogP contribution in [0.15, 0.2) is 42.5 Å². The minimum atomic E-state index is -0.0592. The van der Waals surface area contributed by atoms with Crippen molar-refractivity contribution in [2.75, 3.05) is 5.32 Å². The van der Waals surface area contributed by atoms with Crippen LogP contribution in [-0.2, 0) is 0 Å². The Morgan fingerprint density at radius 2 is 1.56 bits per heavy atom. The highest BCUT2D eigenvalue weighted by atomic mass is 16.1. The van der Waals surface area contributed by atoms with E-state index in [1.807, 2.05) is 57.2 Å². The molecule has 0 bridgehead atoms. The molecule has 0 unspecified atom stereocenters. The maximum Gasteiger partial charge on any atom is 0.255 e. The minimum Gasteiger partial charge on any atom is -0.322 e. The Labute approximate surface area is 108 Å². The Balaban J connectivity index is 2.25. The van der Waals surface area contributed by atoms with Crippen LogP contribution >= 0.6 is 0 Å². The zero-order valence-corrected chi connectivity index (χ0v) is 10.9. The number of nitrogens with one attached hydrogen (secondary N) is 1. The molecular weight excluding hydrogens is 222 g/mol. The smallest absolute Gasteiger partial charge is 0.255 e. The maximum absolute atomic E-state index is 12.2. The predicted molar refractivity (Wildman–Crippen MR) is 75.0 cm³/mol. The zero-order valence-electron chi connectivity index (χ0n) is 10.9. The molecule has 0 aromatic heterocycles. The van der Waals surface area contributed by atoms with E-state index in [9.17, 15) is 4.79 Å². The molecule has 0 spiro atoms. The molecule has 2 heteroatoms. The standard InChI is InChI=1S/C16H17NO/c1-11-8-12(2)10-14(9-11)16(18)17-15-7-5-4-6-13(15)3/h4-10H,1-3H3,(H,17,18). The summed E-state index contributed by atoms with van der Waals surface area (Å²) in [7, 11) is 0. The molecule has 0 fully saturated rings. The van der Waals surface area contributed by atoms with Crippen molar-refractivity contribution in [2.24, 2.45) is 0 Å². The Hall–Kier alpha value is -2.09.